The molecular weight excluding hydrogens is 240 g/mol. The lowest BCUT2D eigenvalue weighted by atomic mass is 10.0. The molecule has 19 heavy (non-hydrogen) atoms. The lowest BCUT2D eigenvalue weighted by Crippen LogP contribution is -2.38. The molecular formula is C15H24N2O2. The minimum atomic E-state index is -0.0561. The van der Waals surface area contributed by atoms with Gasteiger partial charge in [-0.25, -0.2) is 0 Å². The van der Waals surface area contributed by atoms with Crippen LogP contribution in [-0.2, 0) is 4.79 Å². The number of amides is 1. The SMILES string of the molecule is CCN(CC)C(=O)CNC(C)c1cc(C)ccc1O. The number of nitrogens with one attached hydrogen (secondary N) is 1. The Morgan fingerprint density at radius 1 is 1.37 bits per heavy atom. The van der Waals surface area contributed by atoms with E-state index < -0.39 is 0 Å². The van der Waals surface area contributed by atoms with Crippen LogP contribution in [0.4, 0.5) is 0 Å². The second-order valence-electron chi connectivity index (χ2n) is 4.73. The van der Waals surface area contributed by atoms with Crippen molar-refractivity contribution in [2.45, 2.75) is 33.7 Å². The molecule has 0 saturated carbocycles. The average molecular weight is 264 g/mol. The number of phenolic OH excluding ortho intramolecular Hbond substituents is 1. The van der Waals surface area contributed by atoms with E-state index >= 15 is 0 Å². The molecule has 2 N–H and O–H groups in total. The maximum absolute atomic E-state index is 11.9. The molecule has 0 radical (unpaired) electrons. The van der Waals surface area contributed by atoms with Crippen LogP contribution in [0.25, 0.3) is 0 Å². The van der Waals surface area contributed by atoms with E-state index in [1.54, 1.807) is 11.0 Å². The number of benzene rings is 1. The summed E-state index contributed by atoms with van der Waals surface area (Å²) in [4.78, 5) is 13.7. The van der Waals surface area contributed by atoms with E-state index in [-0.39, 0.29) is 24.2 Å². The Labute approximate surface area is 115 Å². The molecule has 0 bridgehead atoms. The number of aryl methyl sites for hydroxylation is 1. The highest BCUT2D eigenvalue weighted by Crippen LogP contribution is 2.24. The third-order valence-electron chi connectivity index (χ3n) is 3.33. The molecule has 1 atom stereocenters. The number of carbonyl (C=O) groups excluding carboxylic acids is 1. The van der Waals surface area contributed by atoms with Crippen molar-refractivity contribution >= 4 is 5.91 Å². The maximum atomic E-state index is 11.9. The highest BCUT2D eigenvalue weighted by atomic mass is 16.3. The Morgan fingerprint density at radius 3 is 2.58 bits per heavy atom. The van der Waals surface area contributed by atoms with E-state index in [2.05, 4.69) is 5.32 Å². The summed E-state index contributed by atoms with van der Waals surface area (Å²) < 4.78 is 0. The number of carbonyl (C=O) groups is 1. The van der Waals surface area contributed by atoms with Gasteiger partial charge in [0.2, 0.25) is 5.91 Å². The molecule has 1 aromatic rings. The molecule has 0 aliphatic rings. The molecule has 1 unspecified atom stereocenters. The number of rotatable bonds is 6. The molecule has 0 spiro atoms. The molecule has 4 heteroatoms. The quantitative estimate of drug-likeness (QED) is 0.828. The summed E-state index contributed by atoms with van der Waals surface area (Å²) in [6.07, 6.45) is 0. The second kappa shape index (κ2) is 7.14. The Bertz CT molecular complexity index is 428. The van der Waals surface area contributed by atoms with E-state index in [0.29, 0.717) is 0 Å². The Balaban J connectivity index is 2.62. The highest BCUT2D eigenvalue weighted by Gasteiger charge is 2.14. The van der Waals surface area contributed by atoms with Gasteiger partial charge in [0.15, 0.2) is 0 Å². The summed E-state index contributed by atoms with van der Waals surface area (Å²) in [5, 5.41) is 13.0. The minimum Gasteiger partial charge on any atom is -0.508 e. The van der Waals surface area contributed by atoms with Gasteiger partial charge in [-0.1, -0.05) is 17.7 Å². The molecule has 4 nitrogen and oxygen atoms in total. The van der Waals surface area contributed by atoms with E-state index in [9.17, 15) is 9.90 Å². The van der Waals surface area contributed by atoms with Gasteiger partial charge in [-0.2, -0.15) is 0 Å². The van der Waals surface area contributed by atoms with Gasteiger partial charge >= 0.3 is 0 Å². The van der Waals surface area contributed by atoms with Gasteiger partial charge in [0, 0.05) is 24.7 Å². The first kappa shape index (κ1) is 15.5. The molecule has 1 amide bonds. The van der Waals surface area contributed by atoms with E-state index in [1.165, 1.54) is 0 Å². The molecule has 0 aromatic heterocycles. The van der Waals surface area contributed by atoms with Crippen molar-refractivity contribution in [1.29, 1.82) is 0 Å². The van der Waals surface area contributed by atoms with Crippen molar-refractivity contribution < 1.29 is 9.90 Å². The number of aromatic hydroxyl groups is 1. The Morgan fingerprint density at radius 2 is 2.00 bits per heavy atom. The zero-order valence-corrected chi connectivity index (χ0v) is 12.2. The van der Waals surface area contributed by atoms with E-state index in [1.807, 2.05) is 39.8 Å². The van der Waals surface area contributed by atoms with Crippen molar-refractivity contribution in [1.82, 2.24) is 10.2 Å². The molecule has 0 aliphatic heterocycles. The molecule has 0 heterocycles. The fraction of sp³-hybridized carbons (Fsp3) is 0.533. The van der Waals surface area contributed by atoms with Gasteiger partial charge < -0.3 is 15.3 Å². The van der Waals surface area contributed by atoms with Crippen molar-refractivity contribution in [2.75, 3.05) is 19.6 Å². The summed E-state index contributed by atoms with van der Waals surface area (Å²) >= 11 is 0. The van der Waals surface area contributed by atoms with Gasteiger partial charge in [0.25, 0.3) is 0 Å². The first-order valence-corrected chi connectivity index (χ1v) is 6.80. The zero-order chi connectivity index (χ0) is 14.4. The Kier molecular flexibility index (Phi) is 5.83. The lowest BCUT2D eigenvalue weighted by molar-refractivity contribution is -0.129. The van der Waals surface area contributed by atoms with Crippen LogP contribution < -0.4 is 5.32 Å². The summed E-state index contributed by atoms with van der Waals surface area (Å²) in [7, 11) is 0. The van der Waals surface area contributed by atoms with Crippen LogP contribution in [0.3, 0.4) is 0 Å². The van der Waals surface area contributed by atoms with Crippen LogP contribution in [0.1, 0.15) is 37.9 Å². The van der Waals surface area contributed by atoms with Gasteiger partial charge in [0.05, 0.1) is 6.54 Å². The summed E-state index contributed by atoms with van der Waals surface area (Å²) in [5.74, 6) is 0.352. The van der Waals surface area contributed by atoms with Gasteiger partial charge in [0.1, 0.15) is 5.75 Å². The van der Waals surface area contributed by atoms with Crippen LogP contribution >= 0.6 is 0 Å². The van der Waals surface area contributed by atoms with Gasteiger partial charge in [-0.15, -0.1) is 0 Å². The summed E-state index contributed by atoms with van der Waals surface area (Å²) in [6.45, 7) is 9.60. The van der Waals surface area contributed by atoms with Gasteiger partial charge in [-0.05, 0) is 33.8 Å². The van der Waals surface area contributed by atoms with E-state index in [4.69, 9.17) is 0 Å². The van der Waals surface area contributed by atoms with Crippen LogP contribution in [0.5, 0.6) is 5.75 Å². The molecule has 1 aromatic carbocycles. The summed E-state index contributed by atoms with van der Waals surface area (Å²) in [5.41, 5.74) is 1.92. The standard InChI is InChI=1S/C15H24N2O2/c1-5-17(6-2)15(19)10-16-12(4)13-9-11(3)7-8-14(13)18/h7-9,12,16,18H,5-6,10H2,1-4H3. The molecule has 0 saturated heterocycles. The molecule has 1 rings (SSSR count). The van der Waals surface area contributed by atoms with Crippen molar-refractivity contribution in [3.05, 3.63) is 29.3 Å². The number of likely N-dealkylation sites (N-methyl/N-ethyl adjacent to an activating group) is 1. The fourth-order valence-corrected chi connectivity index (χ4v) is 2.06. The molecule has 0 aliphatic carbocycles. The van der Waals surface area contributed by atoms with Gasteiger partial charge in [-0.3, -0.25) is 4.79 Å². The normalized spacial score (nSPS) is 12.2. The Hall–Kier alpha value is -1.55. The number of hydrogen-bond donors (Lipinski definition) is 2. The highest BCUT2D eigenvalue weighted by molar-refractivity contribution is 5.78. The van der Waals surface area contributed by atoms with Crippen molar-refractivity contribution in [3.63, 3.8) is 0 Å². The van der Waals surface area contributed by atoms with Crippen LogP contribution in [0.2, 0.25) is 0 Å². The third kappa shape index (κ3) is 4.24. The van der Waals surface area contributed by atoms with Crippen LogP contribution in [0, 0.1) is 6.92 Å². The number of nitrogens with zero attached hydrogens (tertiary/aromatic N) is 1. The van der Waals surface area contributed by atoms with Crippen LogP contribution in [0.15, 0.2) is 18.2 Å². The first-order valence-electron chi connectivity index (χ1n) is 6.80. The third-order valence-corrected chi connectivity index (χ3v) is 3.33. The number of phenols is 1. The topological polar surface area (TPSA) is 52.6 Å². The second-order valence-corrected chi connectivity index (χ2v) is 4.73. The lowest BCUT2D eigenvalue weighted by Gasteiger charge is -2.21. The summed E-state index contributed by atoms with van der Waals surface area (Å²) in [6, 6.07) is 5.44. The maximum Gasteiger partial charge on any atom is 0.236 e. The largest absolute Gasteiger partial charge is 0.508 e. The fourth-order valence-electron chi connectivity index (χ4n) is 2.06. The molecule has 0 fully saturated rings. The monoisotopic (exact) mass is 264 g/mol. The van der Waals surface area contributed by atoms with Crippen LogP contribution in [-0.4, -0.2) is 35.5 Å². The minimum absolute atomic E-state index is 0.0561. The zero-order valence-electron chi connectivity index (χ0n) is 12.2. The predicted octanol–water partition coefficient (Wildman–Crippen LogP) is 2.22. The number of hydrogen-bond acceptors (Lipinski definition) is 3. The molecule has 106 valence electrons. The smallest absolute Gasteiger partial charge is 0.236 e. The van der Waals surface area contributed by atoms with E-state index in [0.717, 1.165) is 24.2 Å². The first-order chi connectivity index (χ1) is 8.99. The average Bonchev–Trinajstić information content (AvgIpc) is 2.40. The van der Waals surface area contributed by atoms with Crippen molar-refractivity contribution in [2.24, 2.45) is 0 Å². The predicted molar refractivity (Wildman–Crippen MR) is 77.2 cm³/mol. The van der Waals surface area contributed by atoms with Crippen molar-refractivity contribution in [3.8, 4) is 5.75 Å².